The first-order valence-electron chi connectivity index (χ1n) is 12.7. The Morgan fingerprint density at radius 2 is 1.23 bits per heavy atom. The summed E-state index contributed by atoms with van der Waals surface area (Å²) in [6.07, 6.45) is 8.87. The van der Waals surface area contributed by atoms with E-state index in [1.165, 1.54) is 0 Å². The molecule has 5 aliphatic rings. The highest BCUT2D eigenvalue weighted by molar-refractivity contribution is 7.99. The lowest BCUT2D eigenvalue weighted by molar-refractivity contribution is 0.602. The minimum atomic E-state index is -0.520. The molecule has 0 amide bonds. The molecule has 1 aliphatic heterocycles. The van der Waals surface area contributed by atoms with Crippen molar-refractivity contribution >= 4 is 40.8 Å². The second-order valence-electron chi connectivity index (χ2n) is 10.1. The second kappa shape index (κ2) is 9.84. The lowest BCUT2D eigenvalue weighted by Gasteiger charge is -2.28. The van der Waals surface area contributed by atoms with E-state index in [1.807, 2.05) is 11.8 Å². The first-order chi connectivity index (χ1) is 17.0. The number of hydrogen-bond acceptors (Lipinski definition) is 8. The molecule has 188 valence electrons. The van der Waals surface area contributed by atoms with Gasteiger partial charge in [0, 0.05) is 48.5 Å². The molecule has 3 heterocycles. The van der Waals surface area contributed by atoms with Crippen molar-refractivity contribution in [3.8, 4) is 0 Å². The Balaban J connectivity index is 0.000000136. The van der Waals surface area contributed by atoms with Gasteiger partial charge in [0.15, 0.2) is 22.6 Å². The van der Waals surface area contributed by atoms with Crippen LogP contribution in [0.1, 0.15) is 74.9 Å². The Bertz CT molecular complexity index is 1080. The second-order valence-corrected chi connectivity index (χ2v) is 11.7. The van der Waals surface area contributed by atoms with Crippen molar-refractivity contribution in [2.75, 3.05) is 40.1 Å². The molecular weight excluding hydrogens is 492 g/mol. The van der Waals surface area contributed by atoms with Crippen LogP contribution in [0.3, 0.4) is 0 Å². The van der Waals surface area contributed by atoms with Crippen LogP contribution < -0.4 is 15.5 Å². The molecule has 5 fully saturated rings. The average molecular weight is 522 g/mol. The zero-order chi connectivity index (χ0) is 23.9. The molecule has 35 heavy (non-hydrogen) atoms. The zero-order valence-corrected chi connectivity index (χ0v) is 21.1. The van der Waals surface area contributed by atoms with Gasteiger partial charge in [0.05, 0.1) is 0 Å². The summed E-state index contributed by atoms with van der Waals surface area (Å²) < 4.78 is 28.2. The largest absolute Gasteiger partial charge is 0.365 e. The molecule has 2 aromatic heterocycles. The number of aromatic nitrogens is 4. The number of rotatable bonds is 7. The van der Waals surface area contributed by atoms with E-state index in [2.05, 4.69) is 35.5 Å². The summed E-state index contributed by atoms with van der Waals surface area (Å²) in [4.78, 5) is 19.2. The van der Waals surface area contributed by atoms with E-state index >= 15 is 0 Å². The molecule has 1 saturated heterocycles. The van der Waals surface area contributed by atoms with Gasteiger partial charge < -0.3 is 15.5 Å². The summed E-state index contributed by atoms with van der Waals surface area (Å²) in [5, 5.41) is 6.21. The number of nitrogens with zero attached hydrogens (tertiary/aromatic N) is 5. The van der Waals surface area contributed by atoms with Crippen molar-refractivity contribution in [1.29, 1.82) is 0 Å². The predicted molar refractivity (Wildman–Crippen MR) is 136 cm³/mol. The van der Waals surface area contributed by atoms with E-state index in [0.29, 0.717) is 41.4 Å². The van der Waals surface area contributed by atoms with E-state index in [0.717, 1.165) is 81.8 Å². The van der Waals surface area contributed by atoms with Gasteiger partial charge in [0.2, 0.25) is 11.6 Å². The van der Waals surface area contributed by atoms with Gasteiger partial charge in [-0.25, -0.2) is 19.9 Å². The van der Waals surface area contributed by atoms with Crippen molar-refractivity contribution in [1.82, 2.24) is 19.9 Å². The van der Waals surface area contributed by atoms with Crippen molar-refractivity contribution in [2.24, 2.45) is 0 Å². The third-order valence-electron chi connectivity index (χ3n) is 6.71. The topological polar surface area (TPSA) is 78.9 Å². The highest BCUT2D eigenvalue weighted by atomic mass is 35.5. The summed E-state index contributed by atoms with van der Waals surface area (Å²) in [7, 11) is 0. The van der Waals surface area contributed by atoms with Crippen LogP contribution in [0.2, 0.25) is 5.15 Å². The van der Waals surface area contributed by atoms with Gasteiger partial charge in [0.1, 0.15) is 11.6 Å². The molecule has 0 unspecified atom stereocenters. The Morgan fingerprint density at radius 3 is 1.74 bits per heavy atom. The van der Waals surface area contributed by atoms with E-state index in [-0.39, 0.29) is 16.8 Å². The van der Waals surface area contributed by atoms with E-state index < -0.39 is 5.82 Å². The van der Waals surface area contributed by atoms with Crippen molar-refractivity contribution in [3.05, 3.63) is 28.4 Å². The van der Waals surface area contributed by atoms with Gasteiger partial charge in [0.25, 0.3) is 0 Å². The molecule has 0 bridgehead atoms. The maximum atomic E-state index is 14.7. The molecule has 7 nitrogen and oxygen atoms in total. The molecule has 0 aromatic carbocycles. The number of hydrogen-bond donors (Lipinski definition) is 2. The van der Waals surface area contributed by atoms with Gasteiger partial charge in [-0.05, 0) is 51.4 Å². The third kappa shape index (κ3) is 5.90. The van der Waals surface area contributed by atoms with Crippen LogP contribution in [0.4, 0.5) is 26.2 Å². The monoisotopic (exact) mass is 521 g/mol. The van der Waals surface area contributed by atoms with Gasteiger partial charge in [-0.1, -0.05) is 11.6 Å². The SMILES string of the molecule is Fc1c(Cl)nc(C2CC2)nc1NC1CC1.Fc1c(NC2CC2)nc(C2CC2)nc1N1CCSCC1. The van der Waals surface area contributed by atoms with Gasteiger partial charge in [-0.15, -0.1) is 0 Å². The van der Waals surface area contributed by atoms with Crippen molar-refractivity contribution < 1.29 is 8.78 Å². The van der Waals surface area contributed by atoms with Crippen molar-refractivity contribution in [3.63, 3.8) is 0 Å². The lowest BCUT2D eigenvalue weighted by Crippen LogP contribution is -2.34. The Labute approximate surface area is 213 Å². The fourth-order valence-corrected chi connectivity index (χ4v) is 5.03. The van der Waals surface area contributed by atoms with E-state index in [4.69, 9.17) is 11.6 Å². The average Bonchev–Trinajstić information content (AvgIpc) is 3.71. The molecule has 7 rings (SSSR count). The number of nitrogens with one attached hydrogen (secondary N) is 2. The molecule has 2 N–H and O–H groups in total. The first-order valence-corrected chi connectivity index (χ1v) is 14.2. The number of halogens is 3. The summed E-state index contributed by atoms with van der Waals surface area (Å²) in [5.74, 6) is 4.91. The summed E-state index contributed by atoms with van der Waals surface area (Å²) in [6.45, 7) is 1.76. The Hall–Kier alpha value is -1.94. The maximum absolute atomic E-state index is 14.7. The fraction of sp³-hybridized carbons (Fsp3) is 0.667. The smallest absolute Gasteiger partial charge is 0.207 e. The third-order valence-corrected chi connectivity index (χ3v) is 7.90. The molecular formula is C24H30ClF2N7S. The highest BCUT2D eigenvalue weighted by Gasteiger charge is 2.32. The predicted octanol–water partition coefficient (Wildman–Crippen LogP) is 5.34. The Kier molecular flexibility index (Phi) is 6.60. The van der Waals surface area contributed by atoms with Crippen molar-refractivity contribution in [2.45, 2.75) is 75.3 Å². The first kappa shape index (κ1) is 23.5. The van der Waals surface area contributed by atoms with Crippen LogP contribution in [0.25, 0.3) is 0 Å². The minimum absolute atomic E-state index is 0.0601. The zero-order valence-electron chi connectivity index (χ0n) is 19.6. The Morgan fingerprint density at radius 1 is 0.714 bits per heavy atom. The van der Waals surface area contributed by atoms with Gasteiger partial charge in [-0.2, -0.15) is 20.5 Å². The summed E-state index contributed by atoms with van der Waals surface area (Å²) >= 11 is 7.65. The normalized spacial score (nSPS) is 21.9. The summed E-state index contributed by atoms with van der Waals surface area (Å²) in [6, 6.07) is 0.786. The molecule has 11 heteroatoms. The van der Waals surface area contributed by atoms with Crippen LogP contribution in [-0.4, -0.2) is 56.6 Å². The molecule has 2 aromatic rings. The quantitative estimate of drug-likeness (QED) is 0.473. The minimum Gasteiger partial charge on any atom is -0.365 e. The highest BCUT2D eigenvalue weighted by Crippen LogP contribution is 2.41. The molecule has 0 spiro atoms. The molecule has 4 saturated carbocycles. The lowest BCUT2D eigenvalue weighted by atomic mass is 10.3. The van der Waals surface area contributed by atoms with Crippen LogP contribution in [-0.2, 0) is 0 Å². The summed E-state index contributed by atoms with van der Waals surface area (Å²) in [5.41, 5.74) is 0. The van der Waals surface area contributed by atoms with Crippen LogP contribution in [0, 0.1) is 11.6 Å². The van der Waals surface area contributed by atoms with Crippen LogP contribution >= 0.6 is 23.4 Å². The van der Waals surface area contributed by atoms with Crippen LogP contribution in [0.5, 0.6) is 0 Å². The van der Waals surface area contributed by atoms with Gasteiger partial charge in [-0.3, -0.25) is 0 Å². The van der Waals surface area contributed by atoms with E-state index in [1.54, 1.807) is 0 Å². The van der Waals surface area contributed by atoms with Crippen LogP contribution in [0.15, 0.2) is 0 Å². The maximum Gasteiger partial charge on any atom is 0.207 e. The number of thioether (sulfide) groups is 1. The number of anilines is 3. The molecule has 0 radical (unpaired) electrons. The standard InChI is InChI=1S/C14H19FN4S.C10H11ClFN3/c15-11-13(16-10-3-4-10)17-12(9-1-2-9)18-14(11)19-5-7-20-8-6-19;11-8-7(12)10(13-6-3-4-6)15-9(14-8)5-1-2-5/h9-10H,1-8H2,(H,16,17,18);5-6H,1-4H2,(H,13,14,15). The molecule has 0 atom stereocenters. The molecule has 4 aliphatic carbocycles. The van der Waals surface area contributed by atoms with E-state index in [9.17, 15) is 8.78 Å². The van der Waals surface area contributed by atoms with Gasteiger partial charge >= 0.3 is 0 Å². The fourth-order valence-electron chi connectivity index (χ4n) is 3.95.